The van der Waals surface area contributed by atoms with E-state index < -0.39 is 21.6 Å². The second-order valence-corrected chi connectivity index (χ2v) is 17.8. The summed E-state index contributed by atoms with van der Waals surface area (Å²) in [5.74, 6) is 1.73. The smallest absolute Gasteiger partial charge is 0.216 e. The van der Waals surface area contributed by atoms with Crippen LogP contribution >= 0.6 is 0 Å². The molecule has 11 heteroatoms. The average molecular weight is 680 g/mol. The van der Waals surface area contributed by atoms with E-state index >= 15 is 0 Å². The normalized spacial score (nSPS) is 35.5. The summed E-state index contributed by atoms with van der Waals surface area (Å²) in [5, 5.41) is 6.76. The molecule has 0 spiro atoms. The van der Waals surface area contributed by atoms with Crippen molar-refractivity contribution in [2.45, 2.75) is 146 Å². The molecule has 7 unspecified atom stereocenters. The van der Waals surface area contributed by atoms with E-state index in [4.69, 9.17) is 14.7 Å². The van der Waals surface area contributed by atoms with Gasteiger partial charge in [0.1, 0.15) is 18.3 Å². The number of aromatic nitrogens is 2. The molecule has 1 aromatic carbocycles. The third kappa shape index (κ3) is 7.19. The van der Waals surface area contributed by atoms with E-state index in [2.05, 4.69) is 78.1 Å². The maximum absolute atomic E-state index is 14.0. The van der Waals surface area contributed by atoms with E-state index in [0.29, 0.717) is 31.2 Å². The second-order valence-electron chi connectivity index (χ2n) is 15.8. The van der Waals surface area contributed by atoms with Gasteiger partial charge in [0.15, 0.2) is 0 Å². The Balaban J connectivity index is 1.25. The second kappa shape index (κ2) is 14.2. The molecule has 4 heterocycles. The van der Waals surface area contributed by atoms with Crippen molar-refractivity contribution in [3.8, 4) is 0 Å². The Morgan fingerprint density at radius 1 is 1.00 bits per heavy atom. The number of nitrogens with zero attached hydrogens (tertiary/aromatic N) is 4. The van der Waals surface area contributed by atoms with Crippen LogP contribution in [-0.4, -0.2) is 72.8 Å². The maximum atomic E-state index is 14.0. The highest BCUT2D eigenvalue weighted by Gasteiger charge is 2.45. The lowest BCUT2D eigenvalue weighted by atomic mass is 9.83. The largest absolute Gasteiger partial charge is 0.358 e. The Morgan fingerprint density at radius 2 is 1.77 bits per heavy atom. The molecule has 3 aliphatic heterocycles. The number of rotatable bonds is 6. The third-order valence-electron chi connectivity index (χ3n) is 12.0. The fourth-order valence-electron chi connectivity index (χ4n) is 9.28. The molecule has 48 heavy (non-hydrogen) atoms. The summed E-state index contributed by atoms with van der Waals surface area (Å²) in [4.78, 5) is 15.0. The average Bonchev–Trinajstić information content (AvgIpc) is 3.01. The molecule has 0 amide bonds. The Kier molecular flexibility index (Phi) is 10.2. The summed E-state index contributed by atoms with van der Waals surface area (Å²) in [5.41, 5.74) is 4.68. The topological polar surface area (TPSA) is 112 Å². The molecule has 10 nitrogen and oxygen atoms in total. The van der Waals surface area contributed by atoms with Crippen molar-refractivity contribution >= 4 is 15.8 Å². The lowest BCUT2D eigenvalue weighted by Gasteiger charge is -2.49. The van der Waals surface area contributed by atoms with Gasteiger partial charge in [-0.15, -0.1) is 0 Å². The number of hydrogen-bond donors (Lipinski definition) is 3. The van der Waals surface area contributed by atoms with E-state index in [0.717, 1.165) is 50.2 Å². The zero-order valence-electron chi connectivity index (χ0n) is 29.6. The van der Waals surface area contributed by atoms with E-state index in [1.165, 1.54) is 36.0 Å². The SMILES string of the molecule is Cc1cccc(C)c1C1CC2NC(N1)NS(=O)(=O)C1CCCC(C1)CN1C(c3cncc(N(C)C4CCC4)n3)CC[C@H](O2)[C@H]1CC(C)C. The molecule has 3 saturated heterocycles. The monoisotopic (exact) mass is 679 g/mol. The highest BCUT2D eigenvalue weighted by atomic mass is 32.2. The van der Waals surface area contributed by atoms with Crippen LogP contribution in [0.15, 0.2) is 30.6 Å². The number of anilines is 1. The summed E-state index contributed by atoms with van der Waals surface area (Å²) in [7, 11) is -1.43. The number of sulfonamides is 1. The Labute approximate surface area is 288 Å². The Bertz CT molecular complexity index is 1510. The zero-order chi connectivity index (χ0) is 33.6. The zero-order valence-corrected chi connectivity index (χ0v) is 30.4. The standard InChI is InChI=1S/C37H57N7O3S/c1-23(2)17-32-33-16-15-31(30-20-38-21-34(39-30)43(5)27-12-8-13-27)44(32)22-26-11-7-14-28(18-26)48(45,46)42-37-40-29(19-35(41-37)47-33)36-24(3)9-6-10-25(36)4/h6,9-10,20-21,23,26-29,31-33,35,37,40-42H,7-8,11-19,22H2,1-5H3/t26?,28?,29?,31?,32-,33+,35?,37?/m1/s1. The molecule has 2 saturated carbocycles. The van der Waals surface area contributed by atoms with Crippen molar-refractivity contribution in [3.05, 3.63) is 53.0 Å². The predicted octanol–water partition coefficient (Wildman–Crippen LogP) is 5.44. The van der Waals surface area contributed by atoms with Crippen LogP contribution in [0.5, 0.6) is 0 Å². The summed E-state index contributed by atoms with van der Waals surface area (Å²) < 4.78 is 38.3. The van der Waals surface area contributed by atoms with Crippen molar-refractivity contribution in [1.82, 2.24) is 30.2 Å². The van der Waals surface area contributed by atoms with Crippen LogP contribution in [0.3, 0.4) is 0 Å². The quantitative estimate of drug-likeness (QED) is 0.367. The van der Waals surface area contributed by atoms with Crippen molar-refractivity contribution < 1.29 is 13.2 Å². The summed E-state index contributed by atoms with van der Waals surface area (Å²) >= 11 is 0. The summed E-state index contributed by atoms with van der Waals surface area (Å²) in [6.45, 7) is 9.76. The minimum absolute atomic E-state index is 0.0176. The van der Waals surface area contributed by atoms with Gasteiger partial charge >= 0.3 is 0 Å². The fourth-order valence-corrected chi connectivity index (χ4v) is 10.9. The first-order valence-electron chi connectivity index (χ1n) is 18.6. The van der Waals surface area contributed by atoms with Crippen LogP contribution in [-0.2, 0) is 14.8 Å². The number of piperidine rings is 1. The molecule has 7 rings (SSSR count). The van der Waals surface area contributed by atoms with E-state index in [-0.39, 0.29) is 36.4 Å². The van der Waals surface area contributed by atoms with Gasteiger partial charge in [0, 0.05) is 38.1 Å². The molecule has 5 aliphatic rings. The van der Waals surface area contributed by atoms with Gasteiger partial charge in [-0.05, 0) is 100 Å². The molecule has 3 N–H and O–H groups in total. The number of hydrogen-bond acceptors (Lipinski definition) is 9. The predicted molar refractivity (Wildman–Crippen MR) is 190 cm³/mol. The van der Waals surface area contributed by atoms with E-state index in [1.54, 1.807) is 0 Å². The van der Waals surface area contributed by atoms with Crippen LogP contribution in [0.2, 0.25) is 0 Å². The minimum atomic E-state index is -3.59. The van der Waals surface area contributed by atoms with E-state index in [9.17, 15) is 8.42 Å². The van der Waals surface area contributed by atoms with Gasteiger partial charge in [-0.3, -0.25) is 20.5 Å². The van der Waals surface area contributed by atoms with Gasteiger partial charge in [-0.2, -0.15) is 4.72 Å². The Hall–Kier alpha value is -2.15. The van der Waals surface area contributed by atoms with Crippen LogP contribution in [0.25, 0.3) is 0 Å². The van der Waals surface area contributed by atoms with Crippen LogP contribution in [0.1, 0.15) is 119 Å². The molecule has 0 radical (unpaired) electrons. The molecule has 2 aromatic rings. The van der Waals surface area contributed by atoms with Crippen molar-refractivity contribution in [2.24, 2.45) is 11.8 Å². The first-order chi connectivity index (χ1) is 23.1. The van der Waals surface area contributed by atoms with Crippen molar-refractivity contribution in [1.29, 1.82) is 0 Å². The van der Waals surface area contributed by atoms with Gasteiger partial charge in [-0.1, -0.05) is 38.5 Å². The highest BCUT2D eigenvalue weighted by molar-refractivity contribution is 7.90. The van der Waals surface area contributed by atoms with Gasteiger partial charge in [-0.25, -0.2) is 13.4 Å². The number of nitrogens with one attached hydrogen (secondary N) is 3. The van der Waals surface area contributed by atoms with Gasteiger partial charge in [0.25, 0.3) is 0 Å². The lowest BCUT2D eigenvalue weighted by molar-refractivity contribution is -0.129. The molecule has 9 atom stereocenters. The molecular weight excluding hydrogens is 623 g/mol. The third-order valence-corrected chi connectivity index (χ3v) is 13.9. The maximum Gasteiger partial charge on any atom is 0.216 e. The van der Waals surface area contributed by atoms with Crippen molar-refractivity contribution in [2.75, 3.05) is 18.5 Å². The van der Waals surface area contributed by atoms with Crippen molar-refractivity contribution in [3.63, 3.8) is 0 Å². The number of fused-ring (bicyclic) bond motifs is 6. The number of aryl methyl sites for hydroxylation is 2. The van der Waals surface area contributed by atoms with Crippen LogP contribution in [0, 0.1) is 25.7 Å². The minimum Gasteiger partial charge on any atom is -0.358 e. The number of benzene rings is 1. The lowest BCUT2D eigenvalue weighted by Crippen LogP contribution is -2.65. The number of ether oxygens (including phenoxy) is 1. The molecule has 1 aromatic heterocycles. The molecular formula is C37H57N7O3S. The Morgan fingerprint density at radius 3 is 2.50 bits per heavy atom. The molecule has 2 aliphatic carbocycles. The molecule has 6 bridgehead atoms. The van der Waals surface area contributed by atoms with Gasteiger partial charge in [0.05, 0.1) is 35.5 Å². The highest BCUT2D eigenvalue weighted by Crippen LogP contribution is 2.42. The summed E-state index contributed by atoms with van der Waals surface area (Å²) in [6, 6.07) is 7.19. The fraction of sp³-hybridized carbons (Fsp3) is 0.730. The molecule has 5 fully saturated rings. The van der Waals surface area contributed by atoms with E-state index in [1.807, 2.05) is 12.4 Å². The first-order valence-corrected chi connectivity index (χ1v) is 20.2. The van der Waals surface area contributed by atoms with Crippen LogP contribution < -0.4 is 20.3 Å². The van der Waals surface area contributed by atoms with Gasteiger partial charge < -0.3 is 9.64 Å². The first kappa shape index (κ1) is 34.3. The summed E-state index contributed by atoms with van der Waals surface area (Å²) in [6.07, 6.45) is 13.6. The van der Waals surface area contributed by atoms with Crippen LogP contribution in [0.4, 0.5) is 5.82 Å². The molecule has 264 valence electrons. The van der Waals surface area contributed by atoms with Gasteiger partial charge in [0.2, 0.25) is 10.0 Å².